The van der Waals surface area contributed by atoms with Gasteiger partial charge in [0, 0.05) is 12.8 Å². The fraction of sp³-hybridized carbons (Fsp3) is 0.714. The van der Waals surface area contributed by atoms with E-state index in [1.165, 1.54) is 0 Å². The minimum Gasteiger partial charge on any atom is -0.200 e. The zero-order valence-corrected chi connectivity index (χ0v) is 6.21. The molecule has 0 unspecified atom stereocenters. The van der Waals surface area contributed by atoms with Crippen LogP contribution in [0, 0.1) is 0 Å². The predicted molar refractivity (Wildman–Crippen MR) is 35.0 cm³/mol. The average molecular weight is 170 g/mol. The third kappa shape index (κ3) is 2.20. The van der Waals surface area contributed by atoms with E-state index in [4.69, 9.17) is 0 Å². The molecular formula is C7H10F4. The zero-order valence-electron chi connectivity index (χ0n) is 6.21. The van der Waals surface area contributed by atoms with Crippen molar-refractivity contribution in [3.8, 4) is 0 Å². The van der Waals surface area contributed by atoms with Crippen LogP contribution in [0.25, 0.3) is 0 Å². The van der Waals surface area contributed by atoms with Crippen molar-refractivity contribution >= 4 is 0 Å². The monoisotopic (exact) mass is 170 g/mol. The van der Waals surface area contributed by atoms with E-state index < -0.39 is 24.7 Å². The topological polar surface area (TPSA) is 0 Å². The lowest BCUT2D eigenvalue weighted by Crippen LogP contribution is -2.39. The van der Waals surface area contributed by atoms with Crippen LogP contribution in [0.1, 0.15) is 19.8 Å². The van der Waals surface area contributed by atoms with Crippen LogP contribution < -0.4 is 0 Å². The van der Waals surface area contributed by atoms with Crippen molar-refractivity contribution < 1.29 is 17.6 Å². The summed E-state index contributed by atoms with van der Waals surface area (Å²) in [5.41, 5.74) is 0. The highest BCUT2D eigenvalue weighted by molar-refractivity contribution is 4.89. The molecule has 0 heterocycles. The minimum absolute atomic E-state index is 0.795. The van der Waals surface area contributed by atoms with E-state index in [9.17, 15) is 17.6 Å². The third-order valence-corrected chi connectivity index (χ3v) is 1.38. The maximum atomic E-state index is 12.4. The standard InChI is InChI=1S/C7H10F4/c1-3-5-7(10,11)6(8,9)4-2/h3H,1,4-5H2,2H3. The lowest BCUT2D eigenvalue weighted by molar-refractivity contribution is -0.207. The molecule has 0 bridgehead atoms. The van der Waals surface area contributed by atoms with Crippen molar-refractivity contribution in [2.24, 2.45) is 0 Å². The van der Waals surface area contributed by atoms with Gasteiger partial charge in [-0.15, -0.1) is 6.58 Å². The molecule has 0 aromatic rings. The van der Waals surface area contributed by atoms with Gasteiger partial charge in [-0.2, -0.15) is 17.6 Å². The molecule has 0 spiro atoms. The molecule has 0 aromatic carbocycles. The minimum atomic E-state index is -3.95. The van der Waals surface area contributed by atoms with Gasteiger partial charge in [0.25, 0.3) is 0 Å². The molecule has 11 heavy (non-hydrogen) atoms. The van der Waals surface area contributed by atoms with Crippen molar-refractivity contribution in [1.82, 2.24) is 0 Å². The lowest BCUT2D eigenvalue weighted by Gasteiger charge is -2.23. The first-order valence-corrected chi connectivity index (χ1v) is 3.24. The maximum absolute atomic E-state index is 12.4. The molecule has 0 atom stereocenters. The molecule has 0 fully saturated rings. The van der Waals surface area contributed by atoms with Crippen LogP contribution in [-0.2, 0) is 0 Å². The van der Waals surface area contributed by atoms with Gasteiger partial charge < -0.3 is 0 Å². The Kier molecular flexibility index (Phi) is 3.08. The normalized spacial score (nSPS) is 13.2. The van der Waals surface area contributed by atoms with Crippen LogP contribution in [0.5, 0.6) is 0 Å². The summed E-state index contributed by atoms with van der Waals surface area (Å²) >= 11 is 0. The highest BCUT2D eigenvalue weighted by Gasteiger charge is 2.53. The quantitative estimate of drug-likeness (QED) is 0.448. The maximum Gasteiger partial charge on any atom is 0.313 e. The molecule has 66 valence electrons. The second-order valence-corrected chi connectivity index (χ2v) is 2.26. The Labute approximate surface area is 62.9 Å². The van der Waals surface area contributed by atoms with Gasteiger partial charge in [0.2, 0.25) is 0 Å². The number of alkyl halides is 4. The molecule has 0 N–H and O–H groups in total. The first-order chi connectivity index (χ1) is 4.87. The van der Waals surface area contributed by atoms with Gasteiger partial charge in [-0.05, 0) is 0 Å². The van der Waals surface area contributed by atoms with E-state index in [0.29, 0.717) is 0 Å². The fourth-order valence-corrected chi connectivity index (χ4v) is 0.589. The van der Waals surface area contributed by atoms with Gasteiger partial charge in [-0.3, -0.25) is 0 Å². The van der Waals surface area contributed by atoms with Crippen LogP contribution in [-0.4, -0.2) is 11.8 Å². The van der Waals surface area contributed by atoms with Gasteiger partial charge in [0.15, 0.2) is 0 Å². The molecule has 0 aliphatic rings. The van der Waals surface area contributed by atoms with Gasteiger partial charge >= 0.3 is 11.8 Å². The van der Waals surface area contributed by atoms with Crippen molar-refractivity contribution in [2.75, 3.05) is 0 Å². The smallest absolute Gasteiger partial charge is 0.200 e. The molecule has 0 saturated heterocycles. The van der Waals surface area contributed by atoms with Crippen LogP contribution in [0.15, 0.2) is 12.7 Å². The highest BCUT2D eigenvalue weighted by atomic mass is 19.3. The molecule has 0 radical (unpaired) electrons. The van der Waals surface area contributed by atoms with Crippen molar-refractivity contribution in [3.05, 3.63) is 12.7 Å². The summed E-state index contributed by atoms with van der Waals surface area (Å²) in [5, 5.41) is 0. The summed E-state index contributed by atoms with van der Waals surface area (Å²) in [4.78, 5) is 0. The Bertz CT molecular complexity index is 139. The Morgan fingerprint density at radius 1 is 1.18 bits per heavy atom. The second-order valence-electron chi connectivity index (χ2n) is 2.26. The number of rotatable bonds is 4. The summed E-state index contributed by atoms with van der Waals surface area (Å²) in [6, 6.07) is 0. The number of hydrogen-bond donors (Lipinski definition) is 0. The van der Waals surface area contributed by atoms with Crippen LogP contribution in [0.3, 0.4) is 0 Å². The molecule has 4 heteroatoms. The third-order valence-electron chi connectivity index (χ3n) is 1.38. The van der Waals surface area contributed by atoms with E-state index in [0.717, 1.165) is 13.0 Å². The Morgan fingerprint density at radius 2 is 1.64 bits per heavy atom. The Hall–Kier alpha value is -0.540. The van der Waals surface area contributed by atoms with Gasteiger partial charge in [-0.25, -0.2) is 0 Å². The van der Waals surface area contributed by atoms with E-state index in [2.05, 4.69) is 6.58 Å². The van der Waals surface area contributed by atoms with Gasteiger partial charge in [0.05, 0.1) is 0 Å². The lowest BCUT2D eigenvalue weighted by atomic mass is 10.1. The predicted octanol–water partition coefficient (Wildman–Crippen LogP) is 3.24. The van der Waals surface area contributed by atoms with Gasteiger partial charge in [-0.1, -0.05) is 13.0 Å². The van der Waals surface area contributed by atoms with Gasteiger partial charge in [0.1, 0.15) is 0 Å². The molecule has 0 rings (SSSR count). The summed E-state index contributed by atoms with van der Waals surface area (Å²) in [5.74, 6) is -7.87. The van der Waals surface area contributed by atoms with Crippen molar-refractivity contribution in [3.63, 3.8) is 0 Å². The number of allylic oxidation sites excluding steroid dienone is 1. The number of halogens is 4. The SMILES string of the molecule is C=CCC(F)(F)C(F)(F)CC. The van der Waals surface area contributed by atoms with Crippen LogP contribution in [0.4, 0.5) is 17.6 Å². The molecule has 0 nitrogen and oxygen atoms in total. The molecular weight excluding hydrogens is 160 g/mol. The molecule has 0 aromatic heterocycles. The Balaban J connectivity index is 4.38. The molecule has 0 saturated carbocycles. The zero-order chi connectivity index (χ0) is 9.12. The molecule has 0 amide bonds. The molecule has 0 aliphatic carbocycles. The first kappa shape index (κ1) is 10.5. The van der Waals surface area contributed by atoms with E-state index in [1.807, 2.05) is 0 Å². The van der Waals surface area contributed by atoms with Crippen molar-refractivity contribution in [1.29, 1.82) is 0 Å². The highest BCUT2D eigenvalue weighted by Crippen LogP contribution is 2.39. The largest absolute Gasteiger partial charge is 0.313 e. The Morgan fingerprint density at radius 3 is 1.91 bits per heavy atom. The summed E-state index contributed by atoms with van der Waals surface area (Å²) in [7, 11) is 0. The van der Waals surface area contributed by atoms with E-state index in [-0.39, 0.29) is 0 Å². The first-order valence-electron chi connectivity index (χ1n) is 3.24. The van der Waals surface area contributed by atoms with Crippen LogP contribution >= 0.6 is 0 Å². The molecule has 0 aliphatic heterocycles. The number of hydrogen-bond acceptors (Lipinski definition) is 0. The average Bonchev–Trinajstić information content (AvgIpc) is 1.87. The fourth-order valence-electron chi connectivity index (χ4n) is 0.589. The summed E-state index contributed by atoms with van der Waals surface area (Å²) < 4.78 is 49.4. The van der Waals surface area contributed by atoms with Crippen LogP contribution in [0.2, 0.25) is 0 Å². The summed E-state index contributed by atoms with van der Waals surface area (Å²) in [6.07, 6.45) is -1.04. The summed E-state index contributed by atoms with van der Waals surface area (Å²) in [6.45, 7) is 4.01. The van der Waals surface area contributed by atoms with Crippen molar-refractivity contribution in [2.45, 2.75) is 31.6 Å². The second kappa shape index (κ2) is 3.24. The van der Waals surface area contributed by atoms with E-state index in [1.54, 1.807) is 0 Å². The van der Waals surface area contributed by atoms with E-state index >= 15 is 0 Å².